The molecule has 0 N–H and O–H groups in total. The second kappa shape index (κ2) is 10.4. The first kappa shape index (κ1) is 17.5. The van der Waals surface area contributed by atoms with Gasteiger partial charge in [-0.15, -0.1) is 0 Å². The fourth-order valence-electron chi connectivity index (χ4n) is 1.87. The van der Waals surface area contributed by atoms with E-state index in [-0.39, 0.29) is 5.24 Å². The molecule has 0 bridgehead atoms. The summed E-state index contributed by atoms with van der Waals surface area (Å²) in [6, 6.07) is 1.24. The molecule has 0 amide bonds. The van der Waals surface area contributed by atoms with E-state index >= 15 is 0 Å². The maximum atomic E-state index is 10.5. The topological polar surface area (TPSA) is 17.1 Å². The summed E-state index contributed by atoms with van der Waals surface area (Å²) in [5.41, 5.74) is 0. The fraction of sp³-hybridized carbons (Fsp3) is 0.923. The Kier molecular flexibility index (Phi) is 10.7. The summed E-state index contributed by atoms with van der Waals surface area (Å²) in [6.07, 6.45) is 10.4. The van der Waals surface area contributed by atoms with Gasteiger partial charge in [0.15, 0.2) is 0 Å². The number of hydrogen-bond acceptors (Lipinski definition) is 1. The van der Waals surface area contributed by atoms with Crippen LogP contribution in [0.4, 0.5) is 0 Å². The standard InChI is InChI=1S/C13H26Cl2OSi/c1-17(2,15)12-10-8-6-4-3-5-7-9-11-13(14)16/h3-12H2,1-2H3. The summed E-state index contributed by atoms with van der Waals surface area (Å²) in [5.74, 6) is 0. The quantitative estimate of drug-likeness (QED) is 0.207. The largest absolute Gasteiger partial charge is 0.281 e. The third-order valence-electron chi connectivity index (χ3n) is 2.89. The van der Waals surface area contributed by atoms with Crippen molar-refractivity contribution < 1.29 is 4.79 Å². The van der Waals surface area contributed by atoms with E-state index in [1.807, 2.05) is 0 Å². The third kappa shape index (κ3) is 16.5. The van der Waals surface area contributed by atoms with E-state index in [1.54, 1.807) is 0 Å². The van der Waals surface area contributed by atoms with Crippen LogP contribution in [0.3, 0.4) is 0 Å². The summed E-state index contributed by atoms with van der Waals surface area (Å²) in [7, 11) is -1.33. The Morgan fingerprint density at radius 3 is 1.71 bits per heavy atom. The van der Waals surface area contributed by atoms with Gasteiger partial charge in [0.2, 0.25) is 5.24 Å². The van der Waals surface area contributed by atoms with Gasteiger partial charge in [-0.1, -0.05) is 58.0 Å². The van der Waals surface area contributed by atoms with E-state index in [0.29, 0.717) is 6.42 Å². The fourth-order valence-corrected chi connectivity index (χ4v) is 3.50. The molecule has 0 aliphatic heterocycles. The van der Waals surface area contributed by atoms with Crippen LogP contribution in [-0.2, 0) is 4.79 Å². The molecule has 0 spiro atoms. The van der Waals surface area contributed by atoms with Crippen molar-refractivity contribution in [3.8, 4) is 0 Å². The Bertz CT molecular complexity index is 202. The monoisotopic (exact) mass is 296 g/mol. The van der Waals surface area contributed by atoms with Gasteiger partial charge in [0.05, 0.1) is 0 Å². The van der Waals surface area contributed by atoms with Crippen molar-refractivity contribution in [2.24, 2.45) is 0 Å². The van der Waals surface area contributed by atoms with E-state index in [1.165, 1.54) is 44.6 Å². The Balaban J connectivity index is 3.06. The lowest BCUT2D eigenvalue weighted by molar-refractivity contribution is -0.111. The van der Waals surface area contributed by atoms with Crippen molar-refractivity contribution in [3.05, 3.63) is 0 Å². The number of halogens is 2. The van der Waals surface area contributed by atoms with E-state index in [0.717, 1.165) is 12.8 Å². The highest BCUT2D eigenvalue weighted by Crippen LogP contribution is 2.19. The highest BCUT2D eigenvalue weighted by molar-refractivity contribution is 7.19. The van der Waals surface area contributed by atoms with Crippen molar-refractivity contribution >= 4 is 35.3 Å². The van der Waals surface area contributed by atoms with Crippen LogP contribution in [-0.4, -0.2) is 12.6 Å². The molecule has 0 rings (SSSR count). The van der Waals surface area contributed by atoms with E-state index < -0.39 is 7.38 Å². The zero-order valence-electron chi connectivity index (χ0n) is 11.2. The van der Waals surface area contributed by atoms with Crippen molar-refractivity contribution in [3.63, 3.8) is 0 Å². The van der Waals surface area contributed by atoms with Crippen LogP contribution in [0.15, 0.2) is 0 Å². The molecule has 17 heavy (non-hydrogen) atoms. The summed E-state index contributed by atoms with van der Waals surface area (Å²) in [6.45, 7) is 4.43. The molecule has 4 heteroatoms. The van der Waals surface area contributed by atoms with E-state index in [4.69, 9.17) is 22.7 Å². The first-order valence-electron chi connectivity index (χ1n) is 6.79. The van der Waals surface area contributed by atoms with Gasteiger partial charge in [-0.2, -0.15) is 11.1 Å². The lowest BCUT2D eigenvalue weighted by Crippen LogP contribution is -2.14. The van der Waals surface area contributed by atoms with Crippen molar-refractivity contribution in [1.29, 1.82) is 0 Å². The summed E-state index contributed by atoms with van der Waals surface area (Å²) < 4.78 is 0. The molecule has 0 atom stereocenters. The lowest BCUT2D eigenvalue weighted by Gasteiger charge is -2.11. The smallest absolute Gasteiger partial charge is 0.221 e. The molecule has 0 unspecified atom stereocenters. The summed E-state index contributed by atoms with van der Waals surface area (Å²) in [5, 5.41) is -0.196. The zero-order chi connectivity index (χ0) is 13.1. The Labute approximate surface area is 117 Å². The second-order valence-corrected chi connectivity index (χ2v) is 12.8. The van der Waals surface area contributed by atoms with Gasteiger partial charge in [0, 0.05) is 6.42 Å². The van der Waals surface area contributed by atoms with Gasteiger partial charge in [-0.25, -0.2) is 0 Å². The number of carbonyl (C=O) groups is 1. The maximum absolute atomic E-state index is 10.5. The molecule has 0 fully saturated rings. The molecular weight excluding hydrogens is 271 g/mol. The lowest BCUT2D eigenvalue weighted by atomic mass is 10.1. The van der Waals surface area contributed by atoms with Gasteiger partial charge in [0.25, 0.3) is 0 Å². The molecule has 0 radical (unpaired) electrons. The van der Waals surface area contributed by atoms with Crippen LogP contribution in [0.5, 0.6) is 0 Å². The summed E-state index contributed by atoms with van der Waals surface area (Å²) >= 11 is 11.5. The predicted octanol–water partition coefficient (Wildman–Crippen LogP) is 5.71. The predicted molar refractivity (Wildman–Crippen MR) is 80.6 cm³/mol. The maximum Gasteiger partial charge on any atom is 0.221 e. The first-order chi connectivity index (χ1) is 7.92. The van der Waals surface area contributed by atoms with Crippen LogP contribution >= 0.6 is 22.7 Å². The van der Waals surface area contributed by atoms with Crippen LogP contribution < -0.4 is 0 Å². The van der Waals surface area contributed by atoms with E-state index in [2.05, 4.69) is 13.1 Å². The number of carbonyl (C=O) groups excluding carboxylic acids is 1. The highest BCUT2D eigenvalue weighted by Gasteiger charge is 2.15. The van der Waals surface area contributed by atoms with Crippen LogP contribution in [0.1, 0.15) is 57.8 Å². The summed E-state index contributed by atoms with van der Waals surface area (Å²) in [4.78, 5) is 10.5. The Morgan fingerprint density at radius 1 is 0.882 bits per heavy atom. The van der Waals surface area contributed by atoms with Gasteiger partial charge in [0.1, 0.15) is 7.38 Å². The minimum atomic E-state index is -1.33. The van der Waals surface area contributed by atoms with Crippen LogP contribution in [0, 0.1) is 0 Å². The van der Waals surface area contributed by atoms with Crippen molar-refractivity contribution in [2.45, 2.75) is 76.9 Å². The molecule has 0 aliphatic carbocycles. The molecule has 0 saturated carbocycles. The average Bonchev–Trinajstić information content (AvgIpc) is 2.18. The van der Waals surface area contributed by atoms with Crippen molar-refractivity contribution in [2.75, 3.05) is 0 Å². The molecule has 0 aliphatic rings. The average molecular weight is 297 g/mol. The van der Waals surface area contributed by atoms with E-state index in [9.17, 15) is 4.79 Å². The Morgan fingerprint density at radius 2 is 1.29 bits per heavy atom. The molecular formula is C13H26Cl2OSi. The molecule has 0 aromatic carbocycles. The Hall–Kier alpha value is 0.467. The van der Waals surface area contributed by atoms with Crippen molar-refractivity contribution in [1.82, 2.24) is 0 Å². The molecule has 1 nitrogen and oxygen atoms in total. The minimum absolute atomic E-state index is 0.196. The minimum Gasteiger partial charge on any atom is -0.281 e. The molecule has 0 heterocycles. The molecule has 0 saturated heterocycles. The molecule has 102 valence electrons. The first-order valence-corrected chi connectivity index (χ1v) is 11.4. The number of hydrogen-bond donors (Lipinski definition) is 0. The normalized spacial score (nSPS) is 11.8. The van der Waals surface area contributed by atoms with Gasteiger partial charge >= 0.3 is 0 Å². The SMILES string of the molecule is C[Si](C)(Cl)CCCCCCCCCCC(=O)Cl. The zero-order valence-corrected chi connectivity index (χ0v) is 13.7. The number of rotatable bonds is 11. The van der Waals surface area contributed by atoms with Gasteiger partial charge in [-0.05, 0) is 24.1 Å². The van der Waals surface area contributed by atoms with Crippen LogP contribution in [0.2, 0.25) is 19.1 Å². The number of unbranched alkanes of at least 4 members (excludes halogenated alkanes) is 7. The molecule has 0 aromatic heterocycles. The van der Waals surface area contributed by atoms with Crippen LogP contribution in [0.25, 0.3) is 0 Å². The third-order valence-corrected chi connectivity index (χ3v) is 5.19. The molecule has 0 aromatic rings. The highest BCUT2D eigenvalue weighted by atomic mass is 35.6. The van der Waals surface area contributed by atoms with Gasteiger partial charge < -0.3 is 0 Å². The van der Waals surface area contributed by atoms with Gasteiger partial charge in [-0.3, -0.25) is 4.79 Å². The second-order valence-electron chi connectivity index (χ2n) is 5.40.